The minimum absolute atomic E-state index is 0.0359. The van der Waals surface area contributed by atoms with E-state index in [-0.39, 0.29) is 11.4 Å². The van der Waals surface area contributed by atoms with Gasteiger partial charge in [-0.15, -0.1) is 0 Å². The Balaban J connectivity index is 4.04. The van der Waals surface area contributed by atoms with Gasteiger partial charge in [0.1, 0.15) is 0 Å². The van der Waals surface area contributed by atoms with Crippen LogP contribution in [0.2, 0.25) is 0 Å². The van der Waals surface area contributed by atoms with Crippen molar-refractivity contribution in [2.75, 3.05) is 7.05 Å². The summed E-state index contributed by atoms with van der Waals surface area (Å²) < 4.78 is 0. The zero-order valence-corrected chi connectivity index (χ0v) is 6.86. The van der Waals surface area contributed by atoms with Crippen LogP contribution in [-0.2, 0) is 4.79 Å². The lowest BCUT2D eigenvalue weighted by atomic mass is 10.1. The van der Waals surface area contributed by atoms with Gasteiger partial charge >= 0.3 is 0 Å². The van der Waals surface area contributed by atoms with E-state index in [1.807, 2.05) is 27.8 Å². The van der Waals surface area contributed by atoms with Crippen LogP contribution in [0.5, 0.6) is 0 Å². The molecule has 0 fully saturated rings. The quantitative estimate of drug-likeness (QED) is 0.482. The van der Waals surface area contributed by atoms with Crippen LogP contribution in [0.4, 0.5) is 0 Å². The number of hydrogen-bond donors (Lipinski definition) is 0. The van der Waals surface area contributed by atoms with Crippen LogP contribution in [0.3, 0.4) is 0 Å². The highest BCUT2D eigenvalue weighted by atomic mass is 16.2. The van der Waals surface area contributed by atoms with E-state index in [2.05, 4.69) is 0 Å². The van der Waals surface area contributed by atoms with Gasteiger partial charge in [0, 0.05) is 19.5 Å². The van der Waals surface area contributed by atoms with Gasteiger partial charge in [0.15, 0.2) is 0 Å². The Morgan fingerprint density at radius 2 is 1.67 bits per heavy atom. The number of carbonyl (C=O) groups is 1. The minimum Gasteiger partial charge on any atom is -0.341 e. The normalized spacial score (nSPS) is 11.2. The second-order valence-corrected chi connectivity index (χ2v) is 3.25. The summed E-state index contributed by atoms with van der Waals surface area (Å²) in [4.78, 5) is 12.4. The lowest BCUT2D eigenvalue weighted by molar-refractivity contribution is -0.131. The maximum absolute atomic E-state index is 10.7. The third kappa shape index (κ3) is 2.49. The monoisotopic (exact) mass is 129 g/mol. The molecular formula is C7H15NO. The zero-order valence-electron chi connectivity index (χ0n) is 6.86. The molecule has 0 aromatic heterocycles. The zero-order chi connectivity index (χ0) is 7.65. The first kappa shape index (κ1) is 8.47. The number of hydrogen-bond acceptors (Lipinski definition) is 1. The summed E-state index contributed by atoms with van der Waals surface area (Å²) in [5, 5.41) is 0. The van der Waals surface area contributed by atoms with Crippen LogP contribution in [0.25, 0.3) is 0 Å². The fraction of sp³-hybridized carbons (Fsp3) is 0.857. The first-order valence-electron chi connectivity index (χ1n) is 3.10. The maximum atomic E-state index is 10.7. The second kappa shape index (κ2) is 2.38. The molecule has 0 bridgehead atoms. The Morgan fingerprint density at radius 3 is 1.67 bits per heavy atom. The summed E-state index contributed by atoms with van der Waals surface area (Å²) in [5.74, 6) is 0.113. The molecule has 0 saturated carbocycles. The molecule has 0 aromatic rings. The van der Waals surface area contributed by atoms with Crippen molar-refractivity contribution in [2.45, 2.75) is 33.2 Å². The third-order valence-corrected chi connectivity index (χ3v) is 1.48. The van der Waals surface area contributed by atoms with E-state index >= 15 is 0 Å². The number of amides is 1. The summed E-state index contributed by atoms with van der Waals surface area (Å²) in [6.07, 6.45) is 0. The summed E-state index contributed by atoms with van der Waals surface area (Å²) in [5.41, 5.74) is -0.0359. The summed E-state index contributed by atoms with van der Waals surface area (Å²) >= 11 is 0. The summed E-state index contributed by atoms with van der Waals surface area (Å²) in [6.45, 7) is 7.60. The average Bonchev–Trinajstić information content (AvgIpc) is 1.62. The molecule has 0 aromatic carbocycles. The first-order chi connectivity index (χ1) is 3.85. The van der Waals surface area contributed by atoms with Crippen molar-refractivity contribution in [1.29, 1.82) is 0 Å². The molecule has 1 amide bonds. The topological polar surface area (TPSA) is 20.3 Å². The van der Waals surface area contributed by atoms with Gasteiger partial charge in [0.25, 0.3) is 0 Å². The molecule has 0 rings (SSSR count). The Morgan fingerprint density at radius 1 is 1.33 bits per heavy atom. The van der Waals surface area contributed by atoms with Gasteiger partial charge in [-0.25, -0.2) is 0 Å². The van der Waals surface area contributed by atoms with E-state index in [0.717, 1.165) is 0 Å². The third-order valence-electron chi connectivity index (χ3n) is 1.48. The smallest absolute Gasteiger partial charge is 0.219 e. The molecule has 0 heterocycles. The Kier molecular flexibility index (Phi) is 2.24. The van der Waals surface area contributed by atoms with Crippen molar-refractivity contribution in [1.82, 2.24) is 4.90 Å². The summed E-state index contributed by atoms with van der Waals surface area (Å²) in [6, 6.07) is 0. The largest absolute Gasteiger partial charge is 0.341 e. The fourth-order valence-electron chi connectivity index (χ4n) is 0.472. The van der Waals surface area contributed by atoms with Crippen LogP contribution >= 0.6 is 0 Å². The van der Waals surface area contributed by atoms with E-state index in [1.165, 1.54) is 0 Å². The molecule has 0 N–H and O–H groups in total. The van der Waals surface area contributed by atoms with Crippen LogP contribution in [-0.4, -0.2) is 23.4 Å². The molecule has 2 nitrogen and oxygen atoms in total. The number of rotatable bonds is 0. The lowest BCUT2D eigenvalue weighted by Gasteiger charge is -2.30. The van der Waals surface area contributed by atoms with Crippen LogP contribution in [0.1, 0.15) is 27.7 Å². The van der Waals surface area contributed by atoms with Crippen molar-refractivity contribution in [3.63, 3.8) is 0 Å². The molecule has 0 atom stereocenters. The molecule has 0 radical (unpaired) electrons. The predicted molar refractivity (Wildman–Crippen MR) is 38.2 cm³/mol. The van der Waals surface area contributed by atoms with E-state index in [0.29, 0.717) is 0 Å². The molecule has 0 aliphatic heterocycles. The van der Waals surface area contributed by atoms with Crippen molar-refractivity contribution in [2.24, 2.45) is 0 Å². The molecule has 0 aliphatic rings. The van der Waals surface area contributed by atoms with Gasteiger partial charge < -0.3 is 4.90 Å². The van der Waals surface area contributed by atoms with Crippen molar-refractivity contribution in [3.8, 4) is 0 Å². The average molecular weight is 129 g/mol. The van der Waals surface area contributed by atoms with Gasteiger partial charge in [-0.05, 0) is 20.8 Å². The van der Waals surface area contributed by atoms with Gasteiger partial charge in [-0.2, -0.15) is 0 Å². The highest BCUT2D eigenvalue weighted by molar-refractivity contribution is 5.73. The lowest BCUT2D eigenvalue weighted by Crippen LogP contribution is -2.41. The molecule has 9 heavy (non-hydrogen) atoms. The molecule has 0 aliphatic carbocycles. The maximum Gasteiger partial charge on any atom is 0.219 e. The van der Waals surface area contributed by atoms with Gasteiger partial charge in [-0.1, -0.05) is 0 Å². The number of carbonyl (C=O) groups excluding carboxylic acids is 1. The molecule has 0 saturated heterocycles. The Bertz CT molecular complexity index is 113. The summed E-state index contributed by atoms with van der Waals surface area (Å²) in [7, 11) is 1.81. The Labute approximate surface area is 56.9 Å². The molecule has 54 valence electrons. The van der Waals surface area contributed by atoms with Crippen molar-refractivity contribution < 1.29 is 4.79 Å². The van der Waals surface area contributed by atoms with Gasteiger partial charge in [0.05, 0.1) is 0 Å². The highest BCUT2D eigenvalue weighted by Crippen LogP contribution is 2.09. The molecule has 2 heteroatoms. The van der Waals surface area contributed by atoms with E-state index in [9.17, 15) is 4.79 Å². The van der Waals surface area contributed by atoms with E-state index in [4.69, 9.17) is 0 Å². The fourth-order valence-corrected chi connectivity index (χ4v) is 0.472. The van der Waals surface area contributed by atoms with Crippen molar-refractivity contribution in [3.05, 3.63) is 0 Å². The molecule has 0 spiro atoms. The van der Waals surface area contributed by atoms with Crippen molar-refractivity contribution >= 4 is 5.91 Å². The van der Waals surface area contributed by atoms with Crippen LogP contribution < -0.4 is 0 Å². The first-order valence-corrected chi connectivity index (χ1v) is 3.10. The SMILES string of the molecule is CC(=O)N(C)C(C)(C)C. The minimum atomic E-state index is -0.0359. The Hall–Kier alpha value is -0.530. The van der Waals surface area contributed by atoms with Crippen LogP contribution in [0.15, 0.2) is 0 Å². The second-order valence-electron chi connectivity index (χ2n) is 3.25. The number of nitrogens with zero attached hydrogens (tertiary/aromatic N) is 1. The highest BCUT2D eigenvalue weighted by Gasteiger charge is 2.18. The predicted octanol–water partition coefficient (Wildman–Crippen LogP) is 1.26. The van der Waals surface area contributed by atoms with E-state index in [1.54, 1.807) is 11.8 Å². The van der Waals surface area contributed by atoms with Gasteiger partial charge in [-0.3, -0.25) is 4.79 Å². The van der Waals surface area contributed by atoms with Crippen LogP contribution in [0, 0.1) is 0 Å². The van der Waals surface area contributed by atoms with Gasteiger partial charge in [0.2, 0.25) is 5.91 Å². The molecule has 0 unspecified atom stereocenters. The molecular weight excluding hydrogens is 114 g/mol. The standard InChI is InChI=1S/C7H15NO/c1-6(9)8(5)7(2,3)4/h1-5H3. The van der Waals surface area contributed by atoms with E-state index < -0.39 is 0 Å².